The lowest BCUT2D eigenvalue weighted by molar-refractivity contribution is -0.122. The number of benzene rings is 1. The van der Waals surface area contributed by atoms with E-state index in [1.807, 2.05) is 0 Å². The van der Waals surface area contributed by atoms with Crippen LogP contribution in [0.3, 0.4) is 0 Å². The van der Waals surface area contributed by atoms with Crippen LogP contribution in [0, 0.1) is 0 Å². The van der Waals surface area contributed by atoms with Crippen molar-refractivity contribution in [2.45, 2.75) is 18.6 Å². The number of amidine groups is 1. The maximum atomic E-state index is 12.2. The number of hydrogen-bond acceptors (Lipinski definition) is 7. The summed E-state index contributed by atoms with van der Waals surface area (Å²) in [6.07, 6.45) is 2.91. The lowest BCUT2D eigenvalue weighted by Crippen LogP contribution is -2.28. The number of Topliss-reactive ketones (excluding diaryl/α,β-unsaturated/α-hetero) is 1. The molecule has 1 aliphatic rings. The first-order valence-corrected chi connectivity index (χ1v) is 8.92. The van der Waals surface area contributed by atoms with Crippen molar-refractivity contribution in [2.24, 2.45) is 10.2 Å². The van der Waals surface area contributed by atoms with Gasteiger partial charge < -0.3 is 15.1 Å². The third-order valence-corrected chi connectivity index (χ3v) is 4.65. The molecule has 0 spiro atoms. The highest BCUT2D eigenvalue weighted by Gasteiger charge is 2.32. The standard InChI is InChI=1S/C18H16N4O4S/c1-11(23)12-4-2-5-13(8-12)20-16(24)9-15-17(25)21-18(27-15)22-19-10-14-6-3-7-26-14/h2-8,10,15H,9H2,1H3,(H,20,24)(H,21,22,25)/b19-10-. The fourth-order valence-corrected chi connectivity index (χ4v) is 3.21. The molecule has 138 valence electrons. The predicted molar refractivity (Wildman–Crippen MR) is 103 cm³/mol. The number of ketones is 1. The van der Waals surface area contributed by atoms with Gasteiger partial charge in [0.15, 0.2) is 11.0 Å². The first kappa shape index (κ1) is 18.6. The third kappa shape index (κ3) is 5.14. The number of rotatable bonds is 6. The fourth-order valence-electron chi connectivity index (χ4n) is 2.29. The van der Waals surface area contributed by atoms with E-state index in [4.69, 9.17) is 4.42 Å². The molecule has 1 fully saturated rings. The quantitative estimate of drug-likeness (QED) is 0.451. The fraction of sp³-hybridized carbons (Fsp3) is 0.167. The third-order valence-electron chi connectivity index (χ3n) is 3.58. The summed E-state index contributed by atoms with van der Waals surface area (Å²) >= 11 is 1.13. The van der Waals surface area contributed by atoms with Crippen LogP contribution in [0.5, 0.6) is 0 Å². The number of amides is 2. The zero-order valence-corrected chi connectivity index (χ0v) is 15.2. The van der Waals surface area contributed by atoms with Gasteiger partial charge in [-0.3, -0.25) is 14.4 Å². The molecule has 8 nitrogen and oxygen atoms in total. The van der Waals surface area contributed by atoms with E-state index in [2.05, 4.69) is 20.8 Å². The number of nitrogens with zero attached hydrogens (tertiary/aromatic N) is 2. The Morgan fingerprint density at radius 3 is 2.93 bits per heavy atom. The van der Waals surface area contributed by atoms with E-state index >= 15 is 0 Å². The Morgan fingerprint density at radius 2 is 2.19 bits per heavy atom. The number of anilines is 1. The lowest BCUT2D eigenvalue weighted by atomic mass is 10.1. The van der Waals surface area contributed by atoms with Crippen LogP contribution in [0.15, 0.2) is 57.3 Å². The summed E-state index contributed by atoms with van der Waals surface area (Å²) < 4.78 is 5.09. The largest absolute Gasteiger partial charge is 0.463 e. The molecule has 27 heavy (non-hydrogen) atoms. The highest BCUT2D eigenvalue weighted by molar-refractivity contribution is 8.15. The second-order valence-electron chi connectivity index (χ2n) is 5.65. The van der Waals surface area contributed by atoms with Crippen molar-refractivity contribution >= 4 is 46.4 Å². The van der Waals surface area contributed by atoms with Gasteiger partial charge in [0.2, 0.25) is 11.8 Å². The van der Waals surface area contributed by atoms with Crippen LogP contribution in [-0.2, 0) is 9.59 Å². The van der Waals surface area contributed by atoms with Gasteiger partial charge in [-0.25, -0.2) is 0 Å². The van der Waals surface area contributed by atoms with Crippen molar-refractivity contribution in [1.29, 1.82) is 0 Å². The number of furan rings is 1. The Kier molecular flexibility index (Phi) is 5.82. The Morgan fingerprint density at radius 1 is 1.33 bits per heavy atom. The van der Waals surface area contributed by atoms with Gasteiger partial charge in [0, 0.05) is 17.7 Å². The normalized spacial score (nSPS) is 18.0. The molecule has 1 aromatic carbocycles. The zero-order valence-electron chi connectivity index (χ0n) is 14.3. The number of hydrogen-bond donors (Lipinski definition) is 2. The average molecular weight is 384 g/mol. The molecule has 0 radical (unpaired) electrons. The van der Waals surface area contributed by atoms with Crippen LogP contribution in [-0.4, -0.2) is 34.2 Å². The number of nitrogens with one attached hydrogen (secondary N) is 2. The zero-order chi connectivity index (χ0) is 19.2. The molecule has 1 aromatic heterocycles. The van der Waals surface area contributed by atoms with Crippen LogP contribution in [0.2, 0.25) is 0 Å². The van der Waals surface area contributed by atoms with Crippen LogP contribution < -0.4 is 10.6 Å². The molecule has 1 atom stereocenters. The molecule has 0 bridgehead atoms. The molecule has 1 unspecified atom stereocenters. The molecule has 2 amide bonds. The Balaban J connectivity index is 1.56. The van der Waals surface area contributed by atoms with Gasteiger partial charge in [-0.2, -0.15) is 5.10 Å². The predicted octanol–water partition coefficient (Wildman–Crippen LogP) is 2.43. The minimum Gasteiger partial charge on any atom is -0.463 e. The molecule has 2 heterocycles. The molecule has 1 aliphatic heterocycles. The first-order valence-electron chi connectivity index (χ1n) is 8.04. The van der Waals surface area contributed by atoms with Crippen molar-refractivity contribution in [3.8, 4) is 0 Å². The SMILES string of the molecule is CC(=O)c1cccc(NC(=O)CC2S/C(=N/N=C\c3ccco3)NC2=O)c1. The Hall–Kier alpha value is -3.20. The van der Waals surface area contributed by atoms with Gasteiger partial charge in [0.25, 0.3) is 0 Å². The average Bonchev–Trinajstić information content (AvgIpc) is 3.25. The number of thioether (sulfide) groups is 1. The van der Waals surface area contributed by atoms with E-state index in [9.17, 15) is 14.4 Å². The smallest absolute Gasteiger partial charge is 0.240 e. The summed E-state index contributed by atoms with van der Waals surface area (Å²) in [7, 11) is 0. The van der Waals surface area contributed by atoms with Crippen molar-refractivity contribution in [1.82, 2.24) is 5.32 Å². The van der Waals surface area contributed by atoms with Gasteiger partial charge >= 0.3 is 0 Å². The van der Waals surface area contributed by atoms with Gasteiger partial charge in [0.05, 0.1) is 12.5 Å². The topological polar surface area (TPSA) is 113 Å². The molecule has 2 N–H and O–H groups in total. The maximum Gasteiger partial charge on any atom is 0.240 e. The van der Waals surface area contributed by atoms with Crippen LogP contribution >= 0.6 is 11.8 Å². The van der Waals surface area contributed by atoms with E-state index < -0.39 is 5.25 Å². The van der Waals surface area contributed by atoms with E-state index in [1.165, 1.54) is 19.4 Å². The van der Waals surface area contributed by atoms with Crippen molar-refractivity contribution < 1.29 is 18.8 Å². The molecule has 1 saturated heterocycles. The molecular weight excluding hydrogens is 368 g/mol. The van der Waals surface area contributed by atoms with Crippen LogP contribution in [0.4, 0.5) is 5.69 Å². The van der Waals surface area contributed by atoms with Gasteiger partial charge in [-0.05, 0) is 31.2 Å². The molecule has 0 saturated carbocycles. The number of carbonyl (C=O) groups excluding carboxylic acids is 3. The minimum atomic E-state index is -0.599. The van der Waals surface area contributed by atoms with Gasteiger partial charge in [0.1, 0.15) is 11.0 Å². The summed E-state index contributed by atoms with van der Waals surface area (Å²) in [6, 6.07) is 10.1. The molecule has 0 aliphatic carbocycles. The molecule has 9 heteroatoms. The van der Waals surface area contributed by atoms with Crippen molar-refractivity contribution in [3.05, 3.63) is 54.0 Å². The lowest BCUT2D eigenvalue weighted by Gasteiger charge is -2.08. The van der Waals surface area contributed by atoms with E-state index in [1.54, 1.807) is 36.4 Å². The summed E-state index contributed by atoms with van der Waals surface area (Å²) in [5.74, 6) is -0.187. The molecular formula is C18H16N4O4S. The van der Waals surface area contributed by atoms with Crippen molar-refractivity contribution in [3.63, 3.8) is 0 Å². The second kappa shape index (κ2) is 8.45. The van der Waals surface area contributed by atoms with Gasteiger partial charge in [-0.1, -0.05) is 23.9 Å². The summed E-state index contributed by atoms with van der Waals surface area (Å²) in [5.41, 5.74) is 1.01. The Bertz CT molecular complexity index is 921. The second-order valence-corrected chi connectivity index (χ2v) is 6.84. The Labute approximate surface area is 159 Å². The molecule has 3 rings (SSSR count). The molecule has 2 aromatic rings. The van der Waals surface area contributed by atoms with Gasteiger partial charge in [-0.15, -0.1) is 5.10 Å². The minimum absolute atomic E-state index is 0.0261. The summed E-state index contributed by atoms with van der Waals surface area (Å²) in [5, 5.41) is 12.7. The van der Waals surface area contributed by atoms with Crippen LogP contribution in [0.1, 0.15) is 29.5 Å². The summed E-state index contributed by atoms with van der Waals surface area (Å²) in [6.45, 7) is 1.45. The highest BCUT2D eigenvalue weighted by Crippen LogP contribution is 2.23. The maximum absolute atomic E-state index is 12.2. The van der Waals surface area contributed by atoms with Crippen molar-refractivity contribution in [2.75, 3.05) is 5.32 Å². The summed E-state index contributed by atoms with van der Waals surface area (Å²) in [4.78, 5) is 35.6. The van der Waals surface area contributed by atoms with E-state index in [0.717, 1.165) is 11.8 Å². The van der Waals surface area contributed by atoms with Crippen LogP contribution in [0.25, 0.3) is 0 Å². The highest BCUT2D eigenvalue weighted by atomic mass is 32.2. The monoisotopic (exact) mass is 384 g/mol. The number of carbonyl (C=O) groups is 3. The van der Waals surface area contributed by atoms with E-state index in [0.29, 0.717) is 22.2 Å². The van der Waals surface area contributed by atoms with E-state index in [-0.39, 0.29) is 24.0 Å². The first-order chi connectivity index (χ1) is 13.0.